The second kappa shape index (κ2) is 16.1. The maximum atomic E-state index is 10.7. The van der Waals surface area contributed by atoms with Gasteiger partial charge in [-0.1, -0.05) is 0 Å². The second-order valence-electron chi connectivity index (χ2n) is 6.44. The lowest BCUT2D eigenvalue weighted by atomic mass is 10.0. The number of aldehydes is 2. The van der Waals surface area contributed by atoms with E-state index in [-0.39, 0.29) is 12.6 Å². The van der Waals surface area contributed by atoms with Crippen LogP contribution in [0.5, 0.6) is 0 Å². The summed E-state index contributed by atoms with van der Waals surface area (Å²) < 4.78 is 65.9. The van der Waals surface area contributed by atoms with E-state index < -0.39 is 88.7 Å². The third-order valence-corrected chi connectivity index (χ3v) is 4.62. The first-order valence-corrected chi connectivity index (χ1v) is 11.7. The van der Waals surface area contributed by atoms with E-state index in [2.05, 4.69) is 8.37 Å². The Morgan fingerprint density at radius 1 is 0.829 bits per heavy atom. The average molecular weight is 561 g/mol. The molecule has 35 heavy (non-hydrogen) atoms. The fourth-order valence-electron chi connectivity index (χ4n) is 2.08. The summed E-state index contributed by atoms with van der Waals surface area (Å²) in [7, 11) is -10.0. The number of aliphatic hydroxyl groups excluding tert-OH is 7. The number of carbonyl (C=O) groups is 3. The first-order valence-electron chi connectivity index (χ1n) is 8.96. The fraction of sp³-hybridized carbons (Fsp3) is 0.786. The zero-order valence-corrected chi connectivity index (χ0v) is 19.3. The molecule has 0 unspecified atom stereocenters. The lowest BCUT2D eigenvalue weighted by Crippen LogP contribution is -2.53. The summed E-state index contributed by atoms with van der Waals surface area (Å²) in [6.45, 7) is -0.977. The minimum Gasteiger partial charge on any atom is -0.394 e. The summed E-state index contributed by atoms with van der Waals surface area (Å²) in [5, 5.41) is 65.5. The van der Waals surface area contributed by atoms with E-state index in [1.54, 1.807) is 0 Å². The largest absolute Gasteiger partial charge is 0.397 e. The summed E-state index contributed by atoms with van der Waals surface area (Å²) in [6, 6.07) is -1.54. The molecule has 0 aliphatic heterocycles. The van der Waals surface area contributed by atoms with Gasteiger partial charge >= 0.3 is 20.8 Å². The minimum absolute atomic E-state index is 0.108. The maximum absolute atomic E-state index is 10.7. The van der Waals surface area contributed by atoms with Gasteiger partial charge in [0.15, 0.2) is 6.29 Å². The van der Waals surface area contributed by atoms with Gasteiger partial charge in [-0.2, -0.15) is 16.8 Å². The minimum atomic E-state index is -5.04. The molecule has 0 aliphatic rings. The molecule has 0 heterocycles. The molecule has 19 nitrogen and oxygen atoms in total. The smallest absolute Gasteiger partial charge is 0.394 e. The first-order chi connectivity index (χ1) is 15.8. The molecule has 0 radical (unpaired) electrons. The predicted octanol–water partition coefficient (Wildman–Crippen LogP) is -6.96. The Hall–Kier alpha value is -1.73. The lowest BCUT2D eigenvalue weighted by Gasteiger charge is -2.27. The Morgan fingerprint density at radius 3 is 1.63 bits per heavy atom. The van der Waals surface area contributed by atoms with E-state index in [9.17, 15) is 46.5 Å². The SMILES string of the molecule is CC(=O)N[C@@H](C=O)[C@@H](O)[C@@H](O)[C@@H](CO)OS(=O)(=O)O.O=C[C@H](O)[C@@H](OS(=O)(=O)O)[C@H](O)[C@H](O)CO. The summed E-state index contributed by atoms with van der Waals surface area (Å²) in [5.41, 5.74) is 0. The molecule has 21 heteroatoms. The Kier molecular flexibility index (Phi) is 16.3. The van der Waals surface area contributed by atoms with E-state index in [4.69, 9.17) is 29.5 Å². The van der Waals surface area contributed by atoms with E-state index in [0.717, 1.165) is 6.92 Å². The molecule has 0 aromatic heterocycles. The number of aliphatic hydroxyl groups is 7. The monoisotopic (exact) mass is 561 g/mol. The highest BCUT2D eigenvalue weighted by Crippen LogP contribution is 2.11. The van der Waals surface area contributed by atoms with Crippen LogP contribution in [0, 0.1) is 0 Å². The number of amides is 1. The van der Waals surface area contributed by atoms with Gasteiger partial charge in [0.05, 0.1) is 13.2 Å². The van der Waals surface area contributed by atoms with E-state index in [1.165, 1.54) is 0 Å². The van der Waals surface area contributed by atoms with Crippen LogP contribution in [0.4, 0.5) is 0 Å². The van der Waals surface area contributed by atoms with Crippen molar-refractivity contribution >= 4 is 39.3 Å². The molecule has 0 saturated carbocycles. The lowest BCUT2D eigenvalue weighted by molar-refractivity contribution is -0.132. The van der Waals surface area contributed by atoms with E-state index in [1.807, 2.05) is 5.32 Å². The summed E-state index contributed by atoms with van der Waals surface area (Å²) in [4.78, 5) is 31.5. The Bertz CT molecular complexity index is 862. The van der Waals surface area contributed by atoms with Gasteiger partial charge in [0.1, 0.15) is 55.1 Å². The highest BCUT2D eigenvalue weighted by molar-refractivity contribution is 7.81. The van der Waals surface area contributed by atoms with Gasteiger partial charge in [0.25, 0.3) is 0 Å². The fourth-order valence-corrected chi connectivity index (χ4v) is 3.07. The number of carbonyl (C=O) groups excluding carboxylic acids is 3. The van der Waals surface area contributed by atoms with Gasteiger partial charge in [-0.25, -0.2) is 8.37 Å². The Balaban J connectivity index is 0. The van der Waals surface area contributed by atoms with Crippen LogP contribution in [0.25, 0.3) is 0 Å². The third-order valence-electron chi connectivity index (χ3n) is 3.67. The highest BCUT2D eigenvalue weighted by atomic mass is 32.3. The van der Waals surface area contributed by atoms with Crippen molar-refractivity contribution in [1.29, 1.82) is 0 Å². The van der Waals surface area contributed by atoms with Crippen molar-refractivity contribution in [2.24, 2.45) is 0 Å². The standard InChI is InChI=1S/C8H15NO9S.C6H12O9S/c1-4(12)9-5(2-10)7(13)8(14)6(3-11)18-19(15,16)17;7-1-3(9)5(11)6(4(10)2-8)15-16(12,13)14/h2,5-8,11,13-14H,3H2,1H3,(H,9,12)(H,15,16,17);2-7,9-11H,1H2,(H,12,13,14)/t5-,6+,7+,8-;3-,4+,5-,6-/m01/s1. The number of hydrogen-bond donors (Lipinski definition) is 10. The van der Waals surface area contributed by atoms with Crippen molar-refractivity contribution < 1.29 is 84.4 Å². The molecule has 0 rings (SSSR count). The van der Waals surface area contributed by atoms with Crippen LogP contribution in [0.3, 0.4) is 0 Å². The van der Waals surface area contributed by atoms with Crippen molar-refractivity contribution in [2.45, 2.75) is 55.7 Å². The average Bonchev–Trinajstić information content (AvgIpc) is 2.75. The van der Waals surface area contributed by atoms with Crippen molar-refractivity contribution in [3.8, 4) is 0 Å². The number of rotatable bonds is 15. The summed E-state index contributed by atoms with van der Waals surface area (Å²) >= 11 is 0. The molecular formula is C14H27NO18S2. The van der Waals surface area contributed by atoms with Gasteiger partial charge in [-0.05, 0) is 0 Å². The zero-order chi connectivity index (χ0) is 28.1. The van der Waals surface area contributed by atoms with Crippen LogP contribution in [-0.2, 0) is 43.5 Å². The Labute approximate surface area is 198 Å². The molecule has 0 saturated heterocycles. The van der Waals surface area contributed by atoms with Gasteiger partial charge < -0.3 is 50.7 Å². The van der Waals surface area contributed by atoms with Gasteiger partial charge in [0.2, 0.25) is 5.91 Å². The van der Waals surface area contributed by atoms with Crippen molar-refractivity contribution in [1.82, 2.24) is 5.32 Å². The molecule has 0 fully saturated rings. The summed E-state index contributed by atoms with van der Waals surface area (Å²) in [5.74, 6) is -0.681. The predicted molar refractivity (Wildman–Crippen MR) is 107 cm³/mol. The normalized spacial score (nSPS) is 18.9. The molecular weight excluding hydrogens is 534 g/mol. The van der Waals surface area contributed by atoms with Crippen molar-refractivity contribution in [3.63, 3.8) is 0 Å². The topological polar surface area (TPSA) is 332 Å². The molecule has 0 aromatic carbocycles. The maximum Gasteiger partial charge on any atom is 0.397 e. The van der Waals surface area contributed by atoms with E-state index in [0.29, 0.717) is 0 Å². The molecule has 0 aromatic rings. The molecule has 208 valence electrons. The van der Waals surface area contributed by atoms with Crippen LogP contribution < -0.4 is 5.32 Å². The zero-order valence-electron chi connectivity index (χ0n) is 17.7. The first kappa shape index (κ1) is 35.4. The van der Waals surface area contributed by atoms with Crippen LogP contribution in [0.1, 0.15) is 6.92 Å². The molecule has 10 N–H and O–H groups in total. The highest BCUT2D eigenvalue weighted by Gasteiger charge is 2.36. The van der Waals surface area contributed by atoms with Crippen LogP contribution in [0.2, 0.25) is 0 Å². The van der Waals surface area contributed by atoms with Crippen LogP contribution in [0.15, 0.2) is 0 Å². The Morgan fingerprint density at radius 2 is 1.31 bits per heavy atom. The number of nitrogens with one attached hydrogen (secondary N) is 1. The number of hydrogen-bond acceptors (Lipinski definition) is 16. The van der Waals surface area contributed by atoms with Crippen LogP contribution in [-0.4, -0.2) is 142 Å². The second-order valence-corrected chi connectivity index (χ2v) is 8.54. The third kappa shape index (κ3) is 15.1. The van der Waals surface area contributed by atoms with Crippen molar-refractivity contribution in [2.75, 3.05) is 13.2 Å². The molecule has 8 atom stereocenters. The van der Waals surface area contributed by atoms with E-state index >= 15 is 0 Å². The van der Waals surface area contributed by atoms with Gasteiger partial charge in [-0.15, -0.1) is 0 Å². The van der Waals surface area contributed by atoms with Gasteiger partial charge in [-0.3, -0.25) is 13.9 Å². The molecule has 1 amide bonds. The molecule has 0 aliphatic carbocycles. The molecule has 0 bridgehead atoms. The quantitative estimate of drug-likeness (QED) is 0.0655. The molecule has 0 spiro atoms. The van der Waals surface area contributed by atoms with Crippen molar-refractivity contribution in [3.05, 3.63) is 0 Å². The summed E-state index contributed by atoms with van der Waals surface area (Å²) in [6.07, 6.45) is -14.1. The van der Waals surface area contributed by atoms with Crippen LogP contribution >= 0.6 is 0 Å². The van der Waals surface area contributed by atoms with Gasteiger partial charge in [0, 0.05) is 6.92 Å².